The Bertz CT molecular complexity index is 617. The topological polar surface area (TPSA) is 57.8 Å². The third-order valence-corrected chi connectivity index (χ3v) is 3.60. The lowest BCUT2D eigenvalue weighted by molar-refractivity contribution is 0.464. The van der Waals surface area contributed by atoms with E-state index in [-0.39, 0.29) is 5.92 Å². The number of azo groups is 1. The van der Waals surface area contributed by atoms with Crippen LogP contribution in [-0.2, 0) is 0 Å². The fourth-order valence-corrected chi connectivity index (χ4v) is 2.29. The van der Waals surface area contributed by atoms with Gasteiger partial charge in [0.25, 0.3) is 0 Å². The highest BCUT2D eigenvalue weighted by Crippen LogP contribution is 2.33. The van der Waals surface area contributed by atoms with Gasteiger partial charge in [-0.25, -0.2) is 4.98 Å². The first-order valence-corrected chi connectivity index (χ1v) is 7.02. The zero-order chi connectivity index (χ0) is 14.0. The summed E-state index contributed by atoms with van der Waals surface area (Å²) < 4.78 is 0. The van der Waals surface area contributed by atoms with Crippen LogP contribution in [-0.4, -0.2) is 10.1 Å². The number of aromatic hydroxyl groups is 1. The predicted octanol–water partition coefficient (Wildman–Crippen LogP) is 5.00. The highest BCUT2D eigenvalue weighted by Gasteiger charge is 2.09. The molecule has 100 valence electrons. The van der Waals surface area contributed by atoms with Gasteiger partial charge in [0.05, 0.1) is 10.7 Å². The van der Waals surface area contributed by atoms with Crippen LogP contribution in [0, 0.1) is 13.8 Å². The lowest BCUT2D eigenvalue weighted by Crippen LogP contribution is -1.89. The third kappa shape index (κ3) is 3.17. The van der Waals surface area contributed by atoms with E-state index in [0.717, 1.165) is 21.8 Å². The molecule has 1 aromatic heterocycles. The molecule has 0 unspecified atom stereocenters. The monoisotopic (exact) mass is 275 g/mol. The molecule has 0 saturated carbocycles. The van der Waals surface area contributed by atoms with E-state index in [1.165, 1.54) is 0 Å². The van der Waals surface area contributed by atoms with Crippen LogP contribution in [0.1, 0.15) is 35.9 Å². The second-order valence-electron chi connectivity index (χ2n) is 4.78. The summed E-state index contributed by atoms with van der Waals surface area (Å²) in [5.74, 6) is 1.19. The molecule has 5 heteroatoms. The van der Waals surface area contributed by atoms with Gasteiger partial charge in [0.1, 0.15) is 5.75 Å². The van der Waals surface area contributed by atoms with Crippen LogP contribution in [0.25, 0.3) is 0 Å². The second kappa shape index (κ2) is 5.48. The molecule has 0 aliphatic heterocycles. The Morgan fingerprint density at radius 2 is 1.95 bits per heavy atom. The Hall–Kier alpha value is -1.75. The summed E-state index contributed by atoms with van der Waals surface area (Å²) >= 11 is 1.55. The number of benzene rings is 1. The number of thiazole rings is 1. The van der Waals surface area contributed by atoms with E-state index < -0.39 is 0 Å². The maximum Gasteiger partial charge on any atom is 0.185 e. The van der Waals surface area contributed by atoms with Crippen molar-refractivity contribution in [3.05, 3.63) is 33.6 Å². The van der Waals surface area contributed by atoms with Crippen LogP contribution in [0.4, 0.5) is 11.5 Å². The smallest absolute Gasteiger partial charge is 0.185 e. The van der Waals surface area contributed by atoms with Gasteiger partial charge in [-0.15, -0.1) is 21.6 Å². The summed E-state index contributed by atoms with van der Waals surface area (Å²) in [6.07, 6.45) is 0. The Morgan fingerprint density at radius 3 is 2.53 bits per heavy atom. The van der Waals surface area contributed by atoms with E-state index in [1.54, 1.807) is 17.4 Å². The van der Waals surface area contributed by atoms with Crippen molar-refractivity contribution in [1.82, 2.24) is 4.98 Å². The number of aromatic nitrogens is 1. The van der Waals surface area contributed by atoms with Crippen LogP contribution in [0.5, 0.6) is 5.75 Å². The zero-order valence-corrected chi connectivity index (χ0v) is 12.3. The summed E-state index contributed by atoms with van der Waals surface area (Å²) in [6, 6.07) is 3.62. The van der Waals surface area contributed by atoms with E-state index in [0.29, 0.717) is 11.6 Å². The van der Waals surface area contributed by atoms with Crippen molar-refractivity contribution in [1.29, 1.82) is 0 Å². The summed E-state index contributed by atoms with van der Waals surface area (Å²) in [6.45, 7) is 7.92. The third-order valence-electron chi connectivity index (χ3n) is 2.83. The first-order chi connectivity index (χ1) is 8.97. The molecular formula is C14H17N3OS. The minimum atomic E-state index is 0.246. The molecule has 0 amide bonds. The molecule has 0 spiro atoms. The largest absolute Gasteiger partial charge is 0.508 e. The molecule has 0 aliphatic rings. The molecule has 1 heterocycles. The number of phenolic OH excluding ortho intramolecular Hbond substituents is 1. The summed E-state index contributed by atoms with van der Waals surface area (Å²) in [4.78, 5) is 4.24. The van der Waals surface area contributed by atoms with Crippen molar-refractivity contribution in [2.24, 2.45) is 10.2 Å². The Morgan fingerprint density at radius 1 is 1.21 bits per heavy atom. The molecule has 0 aliphatic carbocycles. The highest BCUT2D eigenvalue weighted by atomic mass is 32.1. The Kier molecular flexibility index (Phi) is 3.95. The number of nitrogens with zero attached hydrogens (tertiary/aromatic N) is 3. The van der Waals surface area contributed by atoms with E-state index in [4.69, 9.17) is 0 Å². The molecular weight excluding hydrogens is 258 g/mol. The molecule has 0 fully saturated rings. The average Bonchev–Trinajstić information content (AvgIpc) is 2.73. The number of hydrogen-bond acceptors (Lipinski definition) is 5. The number of phenols is 1. The minimum Gasteiger partial charge on any atom is -0.508 e. The van der Waals surface area contributed by atoms with Gasteiger partial charge in [-0.2, -0.15) is 0 Å². The first kappa shape index (κ1) is 13.7. The van der Waals surface area contributed by atoms with Crippen LogP contribution >= 0.6 is 11.3 Å². The van der Waals surface area contributed by atoms with Crippen molar-refractivity contribution in [2.45, 2.75) is 33.6 Å². The second-order valence-corrected chi connectivity index (χ2v) is 5.84. The number of hydrogen-bond donors (Lipinski definition) is 1. The van der Waals surface area contributed by atoms with E-state index >= 15 is 0 Å². The molecule has 19 heavy (non-hydrogen) atoms. The molecule has 2 aromatic rings. The van der Waals surface area contributed by atoms with Crippen LogP contribution in [0.2, 0.25) is 0 Å². The molecule has 1 N–H and O–H groups in total. The van der Waals surface area contributed by atoms with Crippen LogP contribution in [0.3, 0.4) is 0 Å². The van der Waals surface area contributed by atoms with Gasteiger partial charge in [0, 0.05) is 5.38 Å². The number of aryl methyl sites for hydroxylation is 2. The zero-order valence-electron chi connectivity index (χ0n) is 11.5. The van der Waals surface area contributed by atoms with Gasteiger partial charge in [-0.3, -0.25) is 0 Å². The van der Waals surface area contributed by atoms with Gasteiger partial charge in [0.15, 0.2) is 5.82 Å². The van der Waals surface area contributed by atoms with Crippen molar-refractivity contribution in [3.8, 4) is 5.75 Å². The predicted molar refractivity (Wildman–Crippen MR) is 78.0 cm³/mol. The molecule has 2 rings (SSSR count). The fraction of sp³-hybridized carbons (Fsp3) is 0.357. The lowest BCUT2D eigenvalue weighted by Gasteiger charge is -2.10. The van der Waals surface area contributed by atoms with E-state index in [9.17, 15) is 5.11 Å². The summed E-state index contributed by atoms with van der Waals surface area (Å²) in [5, 5.41) is 21.1. The summed E-state index contributed by atoms with van der Waals surface area (Å²) in [5.41, 5.74) is 2.55. The maximum atomic E-state index is 9.89. The molecule has 0 bridgehead atoms. The quantitative estimate of drug-likeness (QED) is 0.801. The standard InChI is InChI=1S/C14H17N3OS/c1-8(2)11-6-12(9(3)5-13(11)18)16-17-14-7-19-10(4)15-14/h5-8,18H,1-4H3. The number of rotatable bonds is 3. The van der Waals surface area contributed by atoms with Crippen LogP contribution in [0.15, 0.2) is 27.7 Å². The van der Waals surface area contributed by atoms with E-state index in [1.807, 2.05) is 39.1 Å². The average molecular weight is 275 g/mol. The normalized spacial score (nSPS) is 11.6. The minimum absolute atomic E-state index is 0.246. The van der Waals surface area contributed by atoms with Gasteiger partial charge in [-0.1, -0.05) is 13.8 Å². The van der Waals surface area contributed by atoms with Gasteiger partial charge >= 0.3 is 0 Å². The van der Waals surface area contributed by atoms with Gasteiger partial charge in [-0.05, 0) is 43.0 Å². The Labute approximate surface area is 116 Å². The first-order valence-electron chi connectivity index (χ1n) is 6.14. The van der Waals surface area contributed by atoms with Crippen molar-refractivity contribution in [3.63, 3.8) is 0 Å². The fourth-order valence-electron chi connectivity index (χ4n) is 1.77. The molecule has 0 atom stereocenters. The molecule has 4 nitrogen and oxygen atoms in total. The lowest BCUT2D eigenvalue weighted by atomic mass is 9.99. The maximum absolute atomic E-state index is 9.89. The molecule has 0 saturated heterocycles. The van der Waals surface area contributed by atoms with Gasteiger partial charge < -0.3 is 5.11 Å². The van der Waals surface area contributed by atoms with Crippen molar-refractivity contribution < 1.29 is 5.11 Å². The Balaban J connectivity index is 2.34. The molecule has 1 aromatic carbocycles. The van der Waals surface area contributed by atoms with Gasteiger partial charge in [0.2, 0.25) is 0 Å². The SMILES string of the molecule is Cc1nc(N=Nc2cc(C(C)C)c(O)cc2C)cs1. The summed E-state index contributed by atoms with van der Waals surface area (Å²) in [7, 11) is 0. The van der Waals surface area contributed by atoms with Crippen molar-refractivity contribution in [2.75, 3.05) is 0 Å². The highest BCUT2D eigenvalue weighted by molar-refractivity contribution is 7.09. The molecule has 0 radical (unpaired) electrons. The van der Waals surface area contributed by atoms with E-state index in [2.05, 4.69) is 15.2 Å². The van der Waals surface area contributed by atoms with Crippen LogP contribution < -0.4 is 0 Å². The van der Waals surface area contributed by atoms with Crippen molar-refractivity contribution >= 4 is 22.8 Å².